The molecule has 1 heterocycles. The third-order valence-electron chi connectivity index (χ3n) is 4.29. The lowest BCUT2D eigenvalue weighted by Gasteiger charge is -2.08. The minimum Gasteiger partial charge on any atom is -0.494 e. The molecule has 0 unspecified atom stereocenters. The van der Waals surface area contributed by atoms with Crippen molar-refractivity contribution < 1.29 is 13.9 Å². The average Bonchev–Trinajstić information content (AvgIpc) is 2.75. The van der Waals surface area contributed by atoms with Gasteiger partial charge in [0.2, 0.25) is 5.91 Å². The van der Waals surface area contributed by atoms with Crippen LogP contribution in [0.2, 0.25) is 0 Å². The Morgan fingerprint density at radius 3 is 2.57 bits per heavy atom. The Hall–Kier alpha value is -3.74. The largest absolute Gasteiger partial charge is 0.494 e. The molecule has 6 nitrogen and oxygen atoms in total. The summed E-state index contributed by atoms with van der Waals surface area (Å²) in [5.74, 6) is 0.134. The third-order valence-corrected chi connectivity index (χ3v) is 4.29. The normalized spacial score (nSPS) is 10.9. The molecule has 1 amide bonds. The number of nitrogens with zero attached hydrogens (tertiary/aromatic N) is 2. The summed E-state index contributed by atoms with van der Waals surface area (Å²) in [6, 6.07) is 14.7. The van der Waals surface area contributed by atoms with E-state index in [0.717, 1.165) is 16.9 Å². The van der Waals surface area contributed by atoms with Crippen LogP contribution in [0.1, 0.15) is 12.5 Å². The Labute approximate surface area is 173 Å². The fourth-order valence-corrected chi connectivity index (χ4v) is 2.74. The van der Waals surface area contributed by atoms with E-state index in [4.69, 9.17) is 4.74 Å². The van der Waals surface area contributed by atoms with Gasteiger partial charge < -0.3 is 10.1 Å². The molecule has 3 aromatic rings. The SMILES string of the molecule is CCOc1ccc(-c2cc(=O)n(CCNC(=O)/C=C/c3ccc(F)cc3)cn2)cc1. The molecule has 0 bridgehead atoms. The maximum Gasteiger partial charge on any atom is 0.253 e. The average molecular weight is 407 g/mol. The first-order chi connectivity index (χ1) is 14.5. The lowest BCUT2D eigenvalue weighted by Crippen LogP contribution is -2.29. The van der Waals surface area contributed by atoms with Crippen LogP contribution in [-0.2, 0) is 11.3 Å². The molecule has 1 N–H and O–H groups in total. The second-order valence-corrected chi connectivity index (χ2v) is 6.44. The van der Waals surface area contributed by atoms with E-state index in [-0.39, 0.29) is 23.8 Å². The Bertz CT molecular complexity index is 1070. The zero-order chi connectivity index (χ0) is 21.3. The maximum absolute atomic E-state index is 12.9. The highest BCUT2D eigenvalue weighted by Gasteiger charge is 2.04. The van der Waals surface area contributed by atoms with Crippen LogP contribution < -0.4 is 15.6 Å². The van der Waals surface area contributed by atoms with E-state index >= 15 is 0 Å². The van der Waals surface area contributed by atoms with Crippen LogP contribution in [0, 0.1) is 5.82 Å². The molecule has 0 spiro atoms. The minimum atomic E-state index is -0.329. The number of hydrogen-bond donors (Lipinski definition) is 1. The molecule has 0 aliphatic heterocycles. The number of carbonyl (C=O) groups is 1. The van der Waals surface area contributed by atoms with Crippen LogP contribution in [-0.4, -0.2) is 28.6 Å². The van der Waals surface area contributed by atoms with Crippen LogP contribution in [0.3, 0.4) is 0 Å². The fourth-order valence-electron chi connectivity index (χ4n) is 2.74. The summed E-state index contributed by atoms with van der Waals surface area (Å²) >= 11 is 0. The quantitative estimate of drug-likeness (QED) is 0.582. The zero-order valence-electron chi connectivity index (χ0n) is 16.5. The van der Waals surface area contributed by atoms with Crippen molar-refractivity contribution in [3.63, 3.8) is 0 Å². The molecule has 1 aromatic heterocycles. The summed E-state index contributed by atoms with van der Waals surface area (Å²) in [5.41, 5.74) is 1.91. The standard InChI is InChI=1S/C23H22FN3O3/c1-2-30-20-10-6-18(7-11-20)21-15-23(29)27(16-26-21)14-13-25-22(28)12-5-17-3-8-19(24)9-4-17/h3-12,15-16H,2,13-14H2,1H3,(H,25,28)/b12-5+. The van der Waals surface area contributed by atoms with Gasteiger partial charge in [0.05, 0.1) is 18.6 Å². The molecule has 0 aliphatic rings. The summed E-state index contributed by atoms with van der Waals surface area (Å²) < 4.78 is 19.7. The van der Waals surface area contributed by atoms with Gasteiger partial charge in [0.15, 0.2) is 0 Å². The summed E-state index contributed by atoms with van der Waals surface area (Å²) in [4.78, 5) is 28.6. The van der Waals surface area contributed by atoms with Crippen molar-refractivity contribution in [1.29, 1.82) is 0 Å². The third kappa shape index (κ3) is 5.88. The summed E-state index contributed by atoms with van der Waals surface area (Å²) in [6.45, 7) is 3.08. The number of hydrogen-bond acceptors (Lipinski definition) is 4. The van der Waals surface area contributed by atoms with E-state index in [1.165, 1.54) is 35.2 Å². The molecule has 0 aliphatic carbocycles. The second kappa shape index (κ2) is 10.2. The lowest BCUT2D eigenvalue weighted by atomic mass is 10.1. The molecule has 7 heteroatoms. The molecule has 0 saturated carbocycles. The Morgan fingerprint density at radius 1 is 1.17 bits per heavy atom. The van der Waals surface area contributed by atoms with Gasteiger partial charge in [-0.15, -0.1) is 0 Å². The van der Waals surface area contributed by atoms with Crippen molar-refractivity contribution in [2.24, 2.45) is 0 Å². The highest BCUT2D eigenvalue weighted by Crippen LogP contribution is 2.19. The minimum absolute atomic E-state index is 0.204. The molecule has 3 rings (SSSR count). The fraction of sp³-hybridized carbons (Fsp3) is 0.174. The first-order valence-electron chi connectivity index (χ1n) is 9.56. The predicted molar refractivity (Wildman–Crippen MR) is 114 cm³/mol. The van der Waals surface area contributed by atoms with Crippen LogP contribution in [0.4, 0.5) is 4.39 Å². The summed E-state index contributed by atoms with van der Waals surface area (Å²) in [6.07, 6.45) is 4.42. The van der Waals surface area contributed by atoms with Gasteiger partial charge in [-0.2, -0.15) is 0 Å². The summed E-state index contributed by atoms with van der Waals surface area (Å²) in [5, 5.41) is 2.70. The molecular weight excluding hydrogens is 385 g/mol. The Kier molecular flexibility index (Phi) is 7.10. The van der Waals surface area contributed by atoms with Gasteiger partial charge >= 0.3 is 0 Å². The monoisotopic (exact) mass is 407 g/mol. The number of nitrogens with one attached hydrogen (secondary N) is 1. The van der Waals surface area contributed by atoms with Crippen LogP contribution in [0.5, 0.6) is 5.75 Å². The Balaban J connectivity index is 1.54. The number of benzene rings is 2. The molecule has 0 fully saturated rings. The van der Waals surface area contributed by atoms with E-state index in [1.54, 1.807) is 18.2 Å². The number of aromatic nitrogens is 2. The van der Waals surface area contributed by atoms with Gasteiger partial charge in [-0.1, -0.05) is 12.1 Å². The highest BCUT2D eigenvalue weighted by atomic mass is 19.1. The lowest BCUT2D eigenvalue weighted by molar-refractivity contribution is -0.116. The molecule has 154 valence electrons. The number of rotatable bonds is 8. The highest BCUT2D eigenvalue weighted by molar-refractivity contribution is 5.91. The molecular formula is C23H22FN3O3. The zero-order valence-corrected chi connectivity index (χ0v) is 16.5. The van der Waals surface area contributed by atoms with Crippen molar-refractivity contribution in [3.05, 3.63) is 88.7 Å². The van der Waals surface area contributed by atoms with Gasteiger partial charge in [0.1, 0.15) is 11.6 Å². The van der Waals surface area contributed by atoms with Gasteiger partial charge in [-0.25, -0.2) is 9.37 Å². The summed E-state index contributed by atoms with van der Waals surface area (Å²) in [7, 11) is 0. The number of ether oxygens (including phenoxy) is 1. The topological polar surface area (TPSA) is 73.2 Å². The first-order valence-corrected chi connectivity index (χ1v) is 9.56. The van der Waals surface area contributed by atoms with Crippen LogP contribution >= 0.6 is 0 Å². The molecule has 0 atom stereocenters. The van der Waals surface area contributed by atoms with Gasteiger partial charge in [0.25, 0.3) is 5.56 Å². The number of amides is 1. The van der Waals surface area contributed by atoms with Gasteiger partial charge in [-0.3, -0.25) is 14.2 Å². The van der Waals surface area contributed by atoms with Crippen molar-refractivity contribution in [2.75, 3.05) is 13.2 Å². The van der Waals surface area contributed by atoms with E-state index in [1.807, 2.05) is 31.2 Å². The predicted octanol–water partition coefficient (Wildman–Crippen LogP) is 3.28. The Morgan fingerprint density at radius 2 is 1.90 bits per heavy atom. The van der Waals surface area contributed by atoms with Crippen molar-refractivity contribution in [1.82, 2.24) is 14.9 Å². The molecule has 0 saturated heterocycles. The van der Waals surface area contributed by atoms with Crippen molar-refractivity contribution in [2.45, 2.75) is 13.5 Å². The number of carbonyl (C=O) groups excluding carboxylic acids is 1. The van der Waals surface area contributed by atoms with Crippen LogP contribution in [0.25, 0.3) is 17.3 Å². The molecule has 0 radical (unpaired) electrons. The van der Waals surface area contributed by atoms with Crippen molar-refractivity contribution >= 4 is 12.0 Å². The van der Waals surface area contributed by atoms with Gasteiger partial charge in [0, 0.05) is 30.8 Å². The van der Waals surface area contributed by atoms with E-state index < -0.39 is 0 Å². The first kappa shape index (κ1) is 21.0. The van der Waals surface area contributed by atoms with E-state index in [2.05, 4.69) is 10.3 Å². The molecule has 2 aromatic carbocycles. The van der Waals surface area contributed by atoms with E-state index in [9.17, 15) is 14.0 Å². The maximum atomic E-state index is 12.9. The van der Waals surface area contributed by atoms with Gasteiger partial charge in [-0.05, 0) is 55.0 Å². The second-order valence-electron chi connectivity index (χ2n) is 6.44. The van der Waals surface area contributed by atoms with Crippen LogP contribution in [0.15, 0.2) is 71.8 Å². The van der Waals surface area contributed by atoms with Crippen molar-refractivity contribution in [3.8, 4) is 17.0 Å². The smallest absolute Gasteiger partial charge is 0.253 e. The molecule has 30 heavy (non-hydrogen) atoms. The van der Waals surface area contributed by atoms with E-state index in [0.29, 0.717) is 18.8 Å². The number of halogens is 1.